The van der Waals surface area contributed by atoms with E-state index in [4.69, 9.17) is 9.47 Å². The van der Waals surface area contributed by atoms with Gasteiger partial charge in [-0.1, -0.05) is 26.0 Å². The molecule has 1 rings (SSSR count). The number of hydrogen-bond donors (Lipinski definition) is 0. The van der Waals surface area contributed by atoms with Crippen LogP contribution >= 0.6 is 0 Å². The van der Waals surface area contributed by atoms with Gasteiger partial charge in [0, 0.05) is 0 Å². The quantitative estimate of drug-likeness (QED) is 0.424. The van der Waals surface area contributed by atoms with E-state index >= 15 is 0 Å². The average Bonchev–Trinajstić information content (AvgIpc) is 2.45. The predicted molar refractivity (Wildman–Crippen MR) is 80.7 cm³/mol. The number of benzene rings is 1. The number of nitrogens with zero attached hydrogens (tertiary/aromatic N) is 1. The van der Waals surface area contributed by atoms with Crippen LogP contribution in [-0.2, 0) is 4.74 Å². The molecule has 122 valence electrons. The van der Waals surface area contributed by atoms with E-state index in [1.807, 2.05) is 13.8 Å². The first-order valence-corrected chi connectivity index (χ1v) is 6.90. The molecular weight excluding hydrogens is 295 g/mol. The molecular formula is C16H20F3NO2. The standard InChI is InChI=1S/C16H20F3NO2/c1-12(2)6-4-5-11-22-15(16(17,18)19)20-13-7-9-14(21-3)10-8-13/h4-5,7-10,12H,6,11H2,1-3H3/b5-4+,20-15?. The predicted octanol–water partition coefficient (Wildman–Crippen LogP) is 4.91. The van der Waals surface area contributed by atoms with Crippen molar-refractivity contribution in [2.24, 2.45) is 10.9 Å². The fourth-order valence-corrected chi connectivity index (χ4v) is 1.51. The lowest BCUT2D eigenvalue weighted by molar-refractivity contribution is -0.0770. The third kappa shape index (κ3) is 6.65. The first-order chi connectivity index (χ1) is 10.3. The van der Waals surface area contributed by atoms with Gasteiger partial charge in [0.25, 0.3) is 5.90 Å². The van der Waals surface area contributed by atoms with Crippen LogP contribution in [0.3, 0.4) is 0 Å². The van der Waals surface area contributed by atoms with Gasteiger partial charge in [0.15, 0.2) is 0 Å². The van der Waals surface area contributed by atoms with E-state index in [-0.39, 0.29) is 12.3 Å². The van der Waals surface area contributed by atoms with Crippen LogP contribution in [0, 0.1) is 5.92 Å². The molecule has 0 spiro atoms. The molecule has 0 amide bonds. The molecule has 0 bridgehead atoms. The van der Waals surface area contributed by atoms with Crippen LogP contribution < -0.4 is 4.74 Å². The maximum Gasteiger partial charge on any atom is 0.468 e. The van der Waals surface area contributed by atoms with Gasteiger partial charge in [0.05, 0.1) is 12.8 Å². The monoisotopic (exact) mass is 315 g/mol. The summed E-state index contributed by atoms with van der Waals surface area (Å²) in [5.74, 6) is -0.261. The Morgan fingerprint density at radius 3 is 2.32 bits per heavy atom. The molecule has 22 heavy (non-hydrogen) atoms. The van der Waals surface area contributed by atoms with E-state index in [9.17, 15) is 13.2 Å². The van der Waals surface area contributed by atoms with Crippen LogP contribution in [0.2, 0.25) is 0 Å². The molecule has 0 fully saturated rings. The second-order valence-corrected chi connectivity index (χ2v) is 5.02. The Balaban J connectivity index is 2.75. The molecule has 0 heterocycles. The molecule has 0 atom stereocenters. The number of ether oxygens (including phenoxy) is 2. The Bertz CT molecular complexity index is 505. The molecule has 0 saturated heterocycles. The molecule has 1 aromatic rings. The summed E-state index contributed by atoms with van der Waals surface area (Å²) in [6.07, 6.45) is -0.479. The smallest absolute Gasteiger partial charge is 0.468 e. The van der Waals surface area contributed by atoms with Crippen LogP contribution in [0.15, 0.2) is 41.4 Å². The van der Waals surface area contributed by atoms with Crippen molar-refractivity contribution in [3.8, 4) is 5.75 Å². The fraction of sp³-hybridized carbons (Fsp3) is 0.438. The molecule has 0 N–H and O–H groups in total. The number of alkyl halides is 3. The summed E-state index contributed by atoms with van der Waals surface area (Å²) in [6.45, 7) is 3.89. The number of methoxy groups -OCH3 is 1. The summed E-state index contributed by atoms with van der Waals surface area (Å²) in [5, 5.41) is 0. The highest BCUT2D eigenvalue weighted by molar-refractivity contribution is 5.84. The lowest BCUT2D eigenvalue weighted by atomic mass is 10.1. The number of aliphatic imine (C=N–C) groups is 1. The lowest BCUT2D eigenvalue weighted by Gasteiger charge is -2.11. The van der Waals surface area contributed by atoms with Crippen molar-refractivity contribution < 1.29 is 22.6 Å². The SMILES string of the molecule is COc1ccc(N=C(OC/C=C/CC(C)C)C(F)(F)F)cc1. The zero-order valence-electron chi connectivity index (χ0n) is 12.9. The minimum Gasteiger partial charge on any atom is -0.497 e. The van der Waals surface area contributed by atoms with Crippen LogP contribution in [0.25, 0.3) is 0 Å². The first kappa shape index (κ1) is 18.1. The molecule has 0 saturated carbocycles. The van der Waals surface area contributed by atoms with Crippen LogP contribution in [0.5, 0.6) is 5.75 Å². The summed E-state index contributed by atoms with van der Waals surface area (Å²) in [5.41, 5.74) is 0.152. The summed E-state index contributed by atoms with van der Waals surface area (Å²) in [4.78, 5) is 3.52. The van der Waals surface area contributed by atoms with Crippen molar-refractivity contribution >= 4 is 11.6 Å². The molecule has 0 radical (unpaired) electrons. The Labute approximate surface area is 128 Å². The molecule has 0 aliphatic carbocycles. The summed E-state index contributed by atoms with van der Waals surface area (Å²) in [6, 6.07) is 5.94. The van der Waals surface area contributed by atoms with Gasteiger partial charge in [0.1, 0.15) is 12.4 Å². The van der Waals surface area contributed by atoms with Gasteiger partial charge in [-0.2, -0.15) is 13.2 Å². The zero-order valence-corrected chi connectivity index (χ0v) is 12.9. The third-order valence-corrected chi connectivity index (χ3v) is 2.64. The molecule has 3 nitrogen and oxygen atoms in total. The number of hydrogen-bond acceptors (Lipinski definition) is 3. The molecule has 0 aromatic heterocycles. The maximum absolute atomic E-state index is 12.9. The van der Waals surface area contributed by atoms with Gasteiger partial charge in [-0.15, -0.1) is 0 Å². The van der Waals surface area contributed by atoms with Gasteiger partial charge in [-0.25, -0.2) is 4.99 Å². The average molecular weight is 315 g/mol. The zero-order chi connectivity index (χ0) is 16.6. The van der Waals surface area contributed by atoms with Gasteiger partial charge in [-0.05, 0) is 36.6 Å². The van der Waals surface area contributed by atoms with E-state index in [2.05, 4.69) is 4.99 Å². The van der Waals surface area contributed by atoms with Gasteiger partial charge < -0.3 is 9.47 Å². The fourth-order valence-electron chi connectivity index (χ4n) is 1.51. The van der Waals surface area contributed by atoms with Crippen LogP contribution in [0.1, 0.15) is 20.3 Å². The van der Waals surface area contributed by atoms with Crippen molar-refractivity contribution in [1.29, 1.82) is 0 Å². The van der Waals surface area contributed by atoms with Crippen LogP contribution in [0.4, 0.5) is 18.9 Å². The van der Waals surface area contributed by atoms with E-state index in [1.165, 1.54) is 31.4 Å². The normalized spacial score (nSPS) is 13.0. The summed E-state index contributed by atoms with van der Waals surface area (Å²) < 4.78 is 48.3. The van der Waals surface area contributed by atoms with E-state index < -0.39 is 12.1 Å². The summed E-state index contributed by atoms with van der Waals surface area (Å²) in [7, 11) is 1.48. The lowest BCUT2D eigenvalue weighted by Crippen LogP contribution is -2.25. The van der Waals surface area contributed by atoms with Crippen molar-refractivity contribution in [3.05, 3.63) is 36.4 Å². The highest BCUT2D eigenvalue weighted by Gasteiger charge is 2.38. The third-order valence-electron chi connectivity index (χ3n) is 2.64. The minimum absolute atomic E-state index is 0.152. The molecule has 0 unspecified atom stereocenters. The van der Waals surface area contributed by atoms with Gasteiger partial charge in [-0.3, -0.25) is 0 Å². The number of halogens is 3. The topological polar surface area (TPSA) is 30.8 Å². The molecule has 1 aromatic carbocycles. The van der Waals surface area contributed by atoms with Gasteiger partial charge in [0.2, 0.25) is 0 Å². The Morgan fingerprint density at radius 1 is 1.18 bits per heavy atom. The molecule has 6 heteroatoms. The maximum atomic E-state index is 12.9. The van der Waals surface area contributed by atoms with Crippen molar-refractivity contribution in [1.82, 2.24) is 0 Å². The van der Waals surface area contributed by atoms with Gasteiger partial charge >= 0.3 is 6.18 Å². The highest BCUT2D eigenvalue weighted by atomic mass is 19.4. The highest BCUT2D eigenvalue weighted by Crippen LogP contribution is 2.24. The number of rotatable bonds is 6. The van der Waals surface area contributed by atoms with Crippen molar-refractivity contribution in [2.45, 2.75) is 26.4 Å². The largest absolute Gasteiger partial charge is 0.497 e. The van der Waals surface area contributed by atoms with E-state index in [1.54, 1.807) is 12.2 Å². The van der Waals surface area contributed by atoms with E-state index in [0.717, 1.165) is 6.42 Å². The Kier molecular flexibility index (Phi) is 6.95. The number of allylic oxidation sites excluding steroid dienone is 1. The summed E-state index contributed by atoms with van der Waals surface area (Å²) >= 11 is 0. The second kappa shape index (κ2) is 8.46. The van der Waals surface area contributed by atoms with Crippen molar-refractivity contribution in [3.63, 3.8) is 0 Å². The van der Waals surface area contributed by atoms with Crippen molar-refractivity contribution in [2.75, 3.05) is 13.7 Å². The first-order valence-electron chi connectivity index (χ1n) is 6.90. The second-order valence-electron chi connectivity index (χ2n) is 5.02. The van der Waals surface area contributed by atoms with Crippen LogP contribution in [-0.4, -0.2) is 25.8 Å². The van der Waals surface area contributed by atoms with E-state index in [0.29, 0.717) is 11.7 Å². The Hall–Kier alpha value is -1.98. The Morgan fingerprint density at radius 2 is 1.82 bits per heavy atom. The molecule has 0 aliphatic heterocycles. The minimum atomic E-state index is -4.63. The molecule has 0 aliphatic rings.